The molecule has 0 saturated heterocycles. The summed E-state index contributed by atoms with van der Waals surface area (Å²) in [6.45, 7) is 3.98. The van der Waals surface area contributed by atoms with Crippen LogP contribution in [0.15, 0.2) is 0 Å². The zero-order chi connectivity index (χ0) is 14.5. The van der Waals surface area contributed by atoms with E-state index in [1.54, 1.807) is 14.0 Å². The molecular formula is C12H24N2O5. The molecule has 0 spiro atoms. The maximum absolute atomic E-state index is 11.4. The fourth-order valence-electron chi connectivity index (χ4n) is 1.31. The first-order valence-electron chi connectivity index (χ1n) is 6.39. The zero-order valence-corrected chi connectivity index (χ0v) is 11.6. The Morgan fingerprint density at radius 1 is 1.26 bits per heavy atom. The molecule has 7 nitrogen and oxygen atoms in total. The summed E-state index contributed by atoms with van der Waals surface area (Å²) in [6, 6.07) is -0.441. The molecule has 1 unspecified atom stereocenters. The molecule has 0 aromatic rings. The SMILES string of the molecule is COCCOCCCNC(=O)NC(C)CCC(=O)O. The average Bonchev–Trinajstić information content (AvgIpc) is 2.35. The highest BCUT2D eigenvalue weighted by molar-refractivity contribution is 5.74. The molecule has 0 radical (unpaired) electrons. The Balaban J connectivity index is 3.40. The lowest BCUT2D eigenvalue weighted by Crippen LogP contribution is -2.41. The van der Waals surface area contributed by atoms with E-state index in [2.05, 4.69) is 10.6 Å². The quantitative estimate of drug-likeness (QED) is 0.480. The van der Waals surface area contributed by atoms with E-state index in [1.165, 1.54) is 0 Å². The Morgan fingerprint density at radius 2 is 2.00 bits per heavy atom. The fourth-order valence-corrected chi connectivity index (χ4v) is 1.31. The third-order valence-electron chi connectivity index (χ3n) is 2.35. The number of carbonyl (C=O) groups is 2. The van der Waals surface area contributed by atoms with E-state index in [4.69, 9.17) is 14.6 Å². The Kier molecular flexibility index (Phi) is 10.9. The molecule has 2 amide bonds. The van der Waals surface area contributed by atoms with Crippen molar-refractivity contribution in [3.8, 4) is 0 Å². The number of rotatable bonds is 11. The van der Waals surface area contributed by atoms with Gasteiger partial charge in [-0.25, -0.2) is 4.79 Å². The summed E-state index contributed by atoms with van der Waals surface area (Å²) in [5.41, 5.74) is 0. The van der Waals surface area contributed by atoms with E-state index in [0.29, 0.717) is 32.8 Å². The van der Waals surface area contributed by atoms with Gasteiger partial charge in [-0.1, -0.05) is 0 Å². The second-order valence-electron chi connectivity index (χ2n) is 4.19. The highest BCUT2D eigenvalue weighted by Gasteiger charge is 2.08. The van der Waals surface area contributed by atoms with Crippen molar-refractivity contribution in [3.63, 3.8) is 0 Å². The number of carbonyl (C=O) groups excluding carboxylic acids is 1. The number of ether oxygens (including phenoxy) is 2. The molecule has 0 aliphatic rings. The van der Waals surface area contributed by atoms with Gasteiger partial charge in [0.2, 0.25) is 0 Å². The van der Waals surface area contributed by atoms with Gasteiger partial charge in [-0.15, -0.1) is 0 Å². The Labute approximate surface area is 113 Å². The first-order valence-corrected chi connectivity index (χ1v) is 6.39. The summed E-state index contributed by atoms with van der Waals surface area (Å²) >= 11 is 0. The van der Waals surface area contributed by atoms with Crippen LogP contribution < -0.4 is 10.6 Å². The summed E-state index contributed by atoms with van der Waals surface area (Å²) in [5.74, 6) is -0.859. The van der Waals surface area contributed by atoms with Crippen molar-refractivity contribution >= 4 is 12.0 Å². The van der Waals surface area contributed by atoms with Crippen LogP contribution in [0.25, 0.3) is 0 Å². The van der Waals surface area contributed by atoms with Crippen molar-refractivity contribution in [2.24, 2.45) is 0 Å². The topological polar surface area (TPSA) is 96.9 Å². The second-order valence-corrected chi connectivity index (χ2v) is 4.19. The normalized spacial score (nSPS) is 11.9. The number of urea groups is 1. The van der Waals surface area contributed by atoms with E-state index in [9.17, 15) is 9.59 Å². The number of hydrogen-bond acceptors (Lipinski definition) is 4. The molecule has 3 N–H and O–H groups in total. The van der Waals surface area contributed by atoms with Crippen molar-refractivity contribution < 1.29 is 24.2 Å². The Morgan fingerprint density at radius 3 is 2.63 bits per heavy atom. The number of methoxy groups -OCH3 is 1. The molecule has 0 bridgehead atoms. The van der Waals surface area contributed by atoms with Crippen LogP contribution in [0.2, 0.25) is 0 Å². The molecule has 7 heteroatoms. The van der Waals surface area contributed by atoms with E-state index >= 15 is 0 Å². The number of nitrogens with one attached hydrogen (secondary N) is 2. The summed E-state index contributed by atoms with van der Waals surface area (Å²) in [5, 5.41) is 13.9. The number of amides is 2. The van der Waals surface area contributed by atoms with Crippen molar-refractivity contribution in [1.29, 1.82) is 0 Å². The maximum Gasteiger partial charge on any atom is 0.314 e. The van der Waals surface area contributed by atoms with E-state index in [1.807, 2.05) is 0 Å². The van der Waals surface area contributed by atoms with Crippen molar-refractivity contribution in [2.75, 3.05) is 33.5 Å². The summed E-state index contributed by atoms with van der Waals surface area (Å²) in [4.78, 5) is 21.8. The van der Waals surface area contributed by atoms with E-state index in [0.717, 1.165) is 6.42 Å². The van der Waals surface area contributed by atoms with Crippen molar-refractivity contribution in [3.05, 3.63) is 0 Å². The van der Waals surface area contributed by atoms with E-state index in [-0.39, 0.29) is 18.5 Å². The van der Waals surface area contributed by atoms with E-state index < -0.39 is 5.97 Å². The Hall–Kier alpha value is -1.34. The van der Waals surface area contributed by atoms with Crippen LogP contribution in [0.3, 0.4) is 0 Å². The molecule has 1 atom stereocenters. The fraction of sp³-hybridized carbons (Fsp3) is 0.833. The zero-order valence-electron chi connectivity index (χ0n) is 11.6. The van der Waals surface area contributed by atoms with Gasteiger partial charge >= 0.3 is 12.0 Å². The predicted octanol–water partition coefficient (Wildman–Crippen LogP) is 0.592. The van der Waals surface area contributed by atoms with Gasteiger partial charge in [-0.05, 0) is 19.8 Å². The maximum atomic E-state index is 11.4. The lowest BCUT2D eigenvalue weighted by Gasteiger charge is -2.13. The van der Waals surface area contributed by atoms with Crippen LogP contribution in [0, 0.1) is 0 Å². The second kappa shape index (κ2) is 11.7. The summed E-state index contributed by atoms with van der Waals surface area (Å²) in [7, 11) is 1.61. The highest BCUT2D eigenvalue weighted by atomic mass is 16.5. The Bertz CT molecular complexity index is 261. The number of carboxylic acids is 1. The summed E-state index contributed by atoms with van der Waals surface area (Å²) in [6.07, 6.45) is 1.19. The molecule has 0 aromatic heterocycles. The summed E-state index contributed by atoms with van der Waals surface area (Å²) < 4.78 is 10.1. The molecule has 0 aliphatic carbocycles. The molecule has 0 aliphatic heterocycles. The van der Waals surface area contributed by atoms with Gasteiger partial charge in [-0.3, -0.25) is 4.79 Å². The van der Waals surface area contributed by atoms with Gasteiger partial charge in [0.05, 0.1) is 13.2 Å². The molecule has 19 heavy (non-hydrogen) atoms. The molecule has 0 aromatic carbocycles. The van der Waals surface area contributed by atoms with Crippen LogP contribution in [0.4, 0.5) is 4.79 Å². The molecular weight excluding hydrogens is 252 g/mol. The number of carboxylic acid groups (broad SMARTS) is 1. The van der Waals surface area contributed by atoms with Gasteiger partial charge in [0.1, 0.15) is 0 Å². The van der Waals surface area contributed by atoms with Crippen molar-refractivity contribution in [2.45, 2.75) is 32.2 Å². The van der Waals surface area contributed by atoms with Crippen LogP contribution in [-0.2, 0) is 14.3 Å². The minimum absolute atomic E-state index is 0.0504. The first kappa shape index (κ1) is 17.7. The minimum Gasteiger partial charge on any atom is -0.481 e. The minimum atomic E-state index is -0.859. The third-order valence-corrected chi connectivity index (χ3v) is 2.35. The van der Waals surface area contributed by atoms with Gasteiger partial charge in [0.15, 0.2) is 0 Å². The molecule has 112 valence electrons. The van der Waals surface area contributed by atoms with Gasteiger partial charge in [-0.2, -0.15) is 0 Å². The van der Waals surface area contributed by atoms with Crippen molar-refractivity contribution in [1.82, 2.24) is 10.6 Å². The van der Waals surface area contributed by atoms with Gasteiger partial charge in [0.25, 0.3) is 0 Å². The smallest absolute Gasteiger partial charge is 0.314 e. The van der Waals surface area contributed by atoms with Crippen LogP contribution in [-0.4, -0.2) is 56.6 Å². The number of hydrogen-bond donors (Lipinski definition) is 3. The lowest BCUT2D eigenvalue weighted by atomic mass is 10.2. The average molecular weight is 276 g/mol. The van der Waals surface area contributed by atoms with Gasteiger partial charge in [0, 0.05) is 32.7 Å². The molecule has 0 fully saturated rings. The molecule has 0 rings (SSSR count). The molecule has 0 heterocycles. The largest absolute Gasteiger partial charge is 0.481 e. The predicted molar refractivity (Wildman–Crippen MR) is 70.2 cm³/mol. The third kappa shape index (κ3) is 12.9. The monoisotopic (exact) mass is 276 g/mol. The first-order chi connectivity index (χ1) is 9.06. The standard InChI is InChI=1S/C12H24N2O5/c1-10(4-5-11(15)16)14-12(17)13-6-3-7-19-9-8-18-2/h10H,3-9H2,1-2H3,(H,15,16)(H2,13,14,17). The molecule has 0 saturated carbocycles. The van der Waals surface area contributed by atoms with Crippen LogP contribution in [0.1, 0.15) is 26.2 Å². The highest BCUT2D eigenvalue weighted by Crippen LogP contribution is 1.95. The van der Waals surface area contributed by atoms with Crippen LogP contribution >= 0.6 is 0 Å². The number of aliphatic carboxylic acids is 1. The van der Waals surface area contributed by atoms with Crippen LogP contribution in [0.5, 0.6) is 0 Å². The van der Waals surface area contributed by atoms with Gasteiger partial charge < -0.3 is 25.2 Å². The lowest BCUT2D eigenvalue weighted by molar-refractivity contribution is -0.137.